The highest BCUT2D eigenvalue weighted by Crippen LogP contribution is 2.36. The standard InChI is InChI=1S/C16H12F6N4OS.C2H6/c1-3-28-9-4-7(15(17,18)19)6-23-11(9)13-24-8-5-10(16(20,21)22)25-14(27)12(8)26(13)2;1-2/h4-6H,3H2,1-2H3,(H,25,27);1-2H3. The molecule has 12 heteroatoms. The van der Waals surface area contributed by atoms with Gasteiger partial charge in [0.05, 0.1) is 11.1 Å². The fourth-order valence-electron chi connectivity index (χ4n) is 2.64. The normalized spacial score (nSPS) is 12.1. The van der Waals surface area contributed by atoms with E-state index in [0.717, 1.165) is 17.8 Å². The topological polar surface area (TPSA) is 63.6 Å². The van der Waals surface area contributed by atoms with Gasteiger partial charge in [-0.3, -0.25) is 9.78 Å². The number of imidazole rings is 1. The number of hydrogen-bond acceptors (Lipinski definition) is 4. The molecule has 0 aliphatic rings. The fraction of sp³-hybridized carbons (Fsp3) is 0.389. The van der Waals surface area contributed by atoms with Crippen LogP contribution < -0.4 is 5.56 Å². The molecule has 0 radical (unpaired) electrons. The molecule has 3 heterocycles. The maximum atomic E-state index is 13.0. The summed E-state index contributed by atoms with van der Waals surface area (Å²) in [5.74, 6) is 0.420. The van der Waals surface area contributed by atoms with E-state index in [1.54, 1.807) is 11.9 Å². The number of nitrogens with one attached hydrogen (secondary N) is 1. The Morgan fingerprint density at radius 3 is 2.27 bits per heavy atom. The van der Waals surface area contributed by atoms with Gasteiger partial charge in [0.1, 0.15) is 16.9 Å². The monoisotopic (exact) mass is 452 g/mol. The highest BCUT2D eigenvalue weighted by Gasteiger charge is 2.34. The van der Waals surface area contributed by atoms with Gasteiger partial charge in [0.15, 0.2) is 5.82 Å². The van der Waals surface area contributed by atoms with E-state index in [2.05, 4.69) is 9.97 Å². The Morgan fingerprint density at radius 2 is 1.73 bits per heavy atom. The molecule has 0 spiro atoms. The van der Waals surface area contributed by atoms with Crippen molar-refractivity contribution in [2.75, 3.05) is 5.75 Å². The van der Waals surface area contributed by atoms with Gasteiger partial charge in [-0.1, -0.05) is 20.8 Å². The van der Waals surface area contributed by atoms with Gasteiger partial charge in [0, 0.05) is 18.1 Å². The van der Waals surface area contributed by atoms with E-state index in [4.69, 9.17) is 0 Å². The predicted molar refractivity (Wildman–Crippen MR) is 102 cm³/mol. The summed E-state index contributed by atoms with van der Waals surface area (Å²) in [6.07, 6.45) is -8.75. The summed E-state index contributed by atoms with van der Waals surface area (Å²) in [7, 11) is 1.38. The van der Waals surface area contributed by atoms with Gasteiger partial charge in [0.2, 0.25) is 0 Å². The van der Waals surface area contributed by atoms with Crippen LogP contribution >= 0.6 is 11.8 Å². The number of fused-ring (bicyclic) bond motifs is 1. The van der Waals surface area contributed by atoms with Crippen molar-refractivity contribution >= 4 is 22.8 Å². The van der Waals surface area contributed by atoms with E-state index in [1.807, 2.05) is 13.8 Å². The van der Waals surface area contributed by atoms with E-state index >= 15 is 0 Å². The summed E-state index contributed by atoms with van der Waals surface area (Å²) >= 11 is 1.08. The number of rotatable bonds is 3. The van der Waals surface area contributed by atoms with Crippen LogP contribution in [0.2, 0.25) is 0 Å². The van der Waals surface area contributed by atoms with Gasteiger partial charge in [-0.05, 0) is 17.9 Å². The Morgan fingerprint density at radius 1 is 1.10 bits per heavy atom. The van der Waals surface area contributed by atoms with Crippen LogP contribution in [0.3, 0.4) is 0 Å². The zero-order valence-electron chi connectivity index (χ0n) is 16.4. The number of hydrogen-bond donors (Lipinski definition) is 1. The average molecular weight is 452 g/mol. The molecular weight excluding hydrogens is 434 g/mol. The van der Waals surface area contributed by atoms with E-state index in [0.29, 0.717) is 18.0 Å². The SMILES string of the molecule is CC.CCSc1cc(C(F)(F)F)cnc1-c1nc2cc(C(F)(F)F)[nH]c(=O)c2n1C. The summed E-state index contributed by atoms with van der Waals surface area (Å²) in [5.41, 5.74) is -3.56. The summed E-state index contributed by atoms with van der Waals surface area (Å²) < 4.78 is 78.9. The number of halogens is 6. The highest BCUT2D eigenvalue weighted by molar-refractivity contribution is 7.99. The van der Waals surface area contributed by atoms with Crippen LogP contribution in [0.15, 0.2) is 28.0 Å². The number of aromatic nitrogens is 4. The van der Waals surface area contributed by atoms with E-state index in [-0.39, 0.29) is 27.4 Å². The Kier molecular flexibility index (Phi) is 6.90. The van der Waals surface area contributed by atoms with Crippen molar-refractivity contribution in [3.05, 3.63) is 39.9 Å². The molecule has 0 aromatic carbocycles. The first-order valence-corrected chi connectivity index (χ1v) is 9.79. The van der Waals surface area contributed by atoms with Gasteiger partial charge in [-0.25, -0.2) is 4.98 Å². The molecule has 0 aliphatic carbocycles. The molecule has 0 aliphatic heterocycles. The van der Waals surface area contributed by atoms with Crippen molar-refractivity contribution in [3.63, 3.8) is 0 Å². The maximum absolute atomic E-state index is 13.0. The van der Waals surface area contributed by atoms with Crippen molar-refractivity contribution < 1.29 is 26.3 Å². The quantitative estimate of drug-likeness (QED) is 0.421. The molecule has 0 saturated heterocycles. The lowest BCUT2D eigenvalue weighted by Crippen LogP contribution is -2.17. The lowest BCUT2D eigenvalue weighted by molar-refractivity contribution is -0.141. The first-order valence-electron chi connectivity index (χ1n) is 8.80. The van der Waals surface area contributed by atoms with E-state index in [1.165, 1.54) is 11.6 Å². The Balaban J connectivity index is 0.00000155. The third-order valence-electron chi connectivity index (χ3n) is 3.86. The van der Waals surface area contributed by atoms with Gasteiger partial charge >= 0.3 is 12.4 Å². The smallest absolute Gasteiger partial charge is 0.321 e. The Labute approximate surface area is 171 Å². The van der Waals surface area contributed by atoms with Gasteiger partial charge in [-0.15, -0.1) is 11.8 Å². The molecule has 0 bridgehead atoms. The number of nitrogens with zero attached hydrogens (tertiary/aromatic N) is 3. The van der Waals surface area contributed by atoms with Crippen LogP contribution in [-0.4, -0.2) is 25.3 Å². The zero-order valence-corrected chi connectivity index (χ0v) is 17.2. The summed E-state index contributed by atoms with van der Waals surface area (Å²) in [5, 5.41) is 0. The van der Waals surface area contributed by atoms with Crippen molar-refractivity contribution in [1.82, 2.24) is 19.5 Å². The van der Waals surface area contributed by atoms with Crippen LogP contribution in [0, 0.1) is 0 Å². The Bertz CT molecular complexity index is 1100. The van der Waals surface area contributed by atoms with Gasteiger partial charge < -0.3 is 9.55 Å². The minimum atomic E-state index is -4.78. The van der Waals surface area contributed by atoms with Crippen LogP contribution in [0.25, 0.3) is 22.6 Å². The molecule has 1 N–H and O–H groups in total. The lowest BCUT2D eigenvalue weighted by Gasteiger charge is -2.12. The largest absolute Gasteiger partial charge is 0.431 e. The minimum Gasteiger partial charge on any atom is -0.321 e. The molecule has 3 rings (SSSR count). The second-order valence-electron chi connectivity index (χ2n) is 5.74. The number of alkyl halides is 6. The molecule has 3 aromatic heterocycles. The van der Waals surface area contributed by atoms with Gasteiger partial charge in [-0.2, -0.15) is 26.3 Å². The summed E-state index contributed by atoms with van der Waals surface area (Å²) in [6.45, 7) is 5.73. The second-order valence-corrected chi connectivity index (χ2v) is 7.05. The predicted octanol–water partition coefficient (Wildman–Crippen LogP) is 5.50. The molecule has 5 nitrogen and oxygen atoms in total. The van der Waals surface area contributed by atoms with Crippen LogP contribution in [0.4, 0.5) is 26.3 Å². The van der Waals surface area contributed by atoms with Gasteiger partial charge in [0.25, 0.3) is 5.56 Å². The van der Waals surface area contributed by atoms with E-state index < -0.39 is 29.2 Å². The molecule has 3 aromatic rings. The highest BCUT2D eigenvalue weighted by atomic mass is 32.2. The van der Waals surface area contributed by atoms with Crippen molar-refractivity contribution in [2.24, 2.45) is 7.05 Å². The molecule has 30 heavy (non-hydrogen) atoms. The fourth-order valence-corrected chi connectivity index (χ4v) is 3.44. The average Bonchev–Trinajstić information content (AvgIpc) is 2.99. The number of thioether (sulfide) groups is 1. The lowest BCUT2D eigenvalue weighted by atomic mass is 10.2. The van der Waals surface area contributed by atoms with Crippen LogP contribution in [0.5, 0.6) is 0 Å². The molecular formula is C18H18F6N4OS. The molecule has 0 amide bonds. The molecule has 164 valence electrons. The van der Waals surface area contributed by atoms with Crippen molar-refractivity contribution in [2.45, 2.75) is 38.0 Å². The zero-order chi connectivity index (χ0) is 22.9. The third-order valence-corrected chi connectivity index (χ3v) is 4.77. The number of H-pyrrole nitrogens is 1. The molecule has 0 unspecified atom stereocenters. The Hall–Kier alpha value is -2.50. The summed E-state index contributed by atoms with van der Waals surface area (Å²) in [6, 6.07) is 1.58. The molecule has 0 saturated carbocycles. The van der Waals surface area contributed by atoms with Crippen LogP contribution in [0.1, 0.15) is 32.0 Å². The van der Waals surface area contributed by atoms with E-state index in [9.17, 15) is 31.1 Å². The second kappa shape index (κ2) is 8.70. The maximum Gasteiger partial charge on any atom is 0.431 e. The van der Waals surface area contributed by atoms with Crippen molar-refractivity contribution in [3.8, 4) is 11.5 Å². The van der Waals surface area contributed by atoms with Crippen LogP contribution in [-0.2, 0) is 19.4 Å². The number of aromatic amines is 1. The summed E-state index contributed by atoms with van der Waals surface area (Å²) in [4.78, 5) is 21.9. The first-order chi connectivity index (χ1) is 13.9. The number of pyridine rings is 2. The van der Waals surface area contributed by atoms with Crippen molar-refractivity contribution in [1.29, 1.82) is 0 Å². The minimum absolute atomic E-state index is 0.00972. The third kappa shape index (κ3) is 4.63. The number of aryl methyl sites for hydroxylation is 1. The molecule has 0 fully saturated rings. The first kappa shape index (κ1) is 23.8. The molecule has 0 atom stereocenters.